The van der Waals surface area contributed by atoms with Crippen LogP contribution in [0.5, 0.6) is 5.75 Å². The van der Waals surface area contributed by atoms with Gasteiger partial charge in [-0.3, -0.25) is 4.79 Å². The molecule has 0 spiro atoms. The van der Waals surface area contributed by atoms with E-state index in [1.165, 1.54) is 25.4 Å². The highest BCUT2D eigenvalue weighted by Crippen LogP contribution is 2.25. The standard InChI is InChI=1S/C19H22FN5O4/c1-3-29-19(27)25-7-6-12(10-25)23-18-22-9-14(17(21)24-18)16(26)13-8-11(20)4-5-15(13)28-2/h4-5,8-9,12H,3,6-7,10H2,1-2H3,(H3,21,22,23,24)/t12-/m1/s1. The van der Waals surface area contributed by atoms with Gasteiger partial charge in [0, 0.05) is 25.3 Å². The molecule has 0 bridgehead atoms. The van der Waals surface area contributed by atoms with Gasteiger partial charge in [0.1, 0.15) is 17.4 Å². The summed E-state index contributed by atoms with van der Waals surface area (Å²) < 4.78 is 23.7. The highest BCUT2D eigenvalue weighted by Gasteiger charge is 2.28. The first-order chi connectivity index (χ1) is 13.9. The van der Waals surface area contributed by atoms with E-state index in [1.54, 1.807) is 11.8 Å². The number of likely N-dealkylation sites (tertiary alicyclic amines) is 1. The fraction of sp³-hybridized carbons (Fsp3) is 0.368. The first-order valence-corrected chi connectivity index (χ1v) is 9.12. The molecule has 2 aromatic rings. The number of methoxy groups -OCH3 is 1. The van der Waals surface area contributed by atoms with Gasteiger partial charge in [-0.25, -0.2) is 14.2 Å². The van der Waals surface area contributed by atoms with Crippen LogP contribution in [0.1, 0.15) is 29.3 Å². The van der Waals surface area contributed by atoms with Crippen LogP contribution in [0.4, 0.5) is 21.0 Å². The number of nitrogens with two attached hydrogens (primary N) is 1. The topological polar surface area (TPSA) is 120 Å². The second-order valence-corrected chi connectivity index (χ2v) is 6.44. The van der Waals surface area contributed by atoms with Crippen LogP contribution in [-0.2, 0) is 4.74 Å². The third-order valence-electron chi connectivity index (χ3n) is 4.52. The lowest BCUT2D eigenvalue weighted by Gasteiger charge is -2.16. The molecular formula is C19H22FN5O4. The Morgan fingerprint density at radius 3 is 2.86 bits per heavy atom. The van der Waals surface area contributed by atoms with E-state index in [9.17, 15) is 14.0 Å². The van der Waals surface area contributed by atoms with Crippen LogP contribution >= 0.6 is 0 Å². The van der Waals surface area contributed by atoms with Crippen molar-refractivity contribution in [2.24, 2.45) is 0 Å². The van der Waals surface area contributed by atoms with Gasteiger partial charge in [0.15, 0.2) is 0 Å². The lowest BCUT2D eigenvalue weighted by atomic mass is 10.0. The summed E-state index contributed by atoms with van der Waals surface area (Å²) in [6, 6.07) is 3.58. The minimum atomic E-state index is -0.570. The Morgan fingerprint density at radius 2 is 2.17 bits per heavy atom. The number of nitrogens with zero attached hydrogens (tertiary/aromatic N) is 3. The molecule has 0 radical (unpaired) electrons. The summed E-state index contributed by atoms with van der Waals surface area (Å²) >= 11 is 0. The van der Waals surface area contributed by atoms with Gasteiger partial charge in [-0.05, 0) is 31.5 Å². The Morgan fingerprint density at radius 1 is 1.38 bits per heavy atom. The number of hydrogen-bond acceptors (Lipinski definition) is 8. The third kappa shape index (κ3) is 4.53. The number of rotatable bonds is 6. The Balaban J connectivity index is 1.72. The molecule has 1 fully saturated rings. The zero-order valence-corrected chi connectivity index (χ0v) is 16.1. The predicted octanol–water partition coefficient (Wildman–Crippen LogP) is 2.08. The smallest absolute Gasteiger partial charge is 0.409 e. The van der Waals surface area contributed by atoms with Crippen molar-refractivity contribution >= 4 is 23.6 Å². The van der Waals surface area contributed by atoms with E-state index in [1.807, 2.05) is 0 Å². The van der Waals surface area contributed by atoms with Gasteiger partial charge in [-0.15, -0.1) is 0 Å². The Kier molecular flexibility index (Phi) is 6.10. The number of carbonyl (C=O) groups is 2. The Labute approximate surface area is 167 Å². The highest BCUT2D eigenvalue weighted by molar-refractivity contribution is 6.13. The molecular weight excluding hydrogens is 381 g/mol. The molecule has 1 atom stereocenters. The van der Waals surface area contributed by atoms with Gasteiger partial charge in [0.2, 0.25) is 11.7 Å². The number of benzene rings is 1. The Hall–Kier alpha value is -3.43. The molecule has 1 aliphatic rings. The molecule has 1 aromatic carbocycles. The van der Waals surface area contributed by atoms with E-state index in [0.29, 0.717) is 26.1 Å². The van der Waals surface area contributed by atoms with Crippen molar-refractivity contribution < 1.29 is 23.5 Å². The van der Waals surface area contributed by atoms with Crippen LogP contribution in [0.3, 0.4) is 0 Å². The number of ketones is 1. The van der Waals surface area contributed by atoms with Gasteiger partial charge >= 0.3 is 6.09 Å². The quantitative estimate of drug-likeness (QED) is 0.704. The van der Waals surface area contributed by atoms with Crippen LogP contribution in [0, 0.1) is 5.82 Å². The summed E-state index contributed by atoms with van der Waals surface area (Å²) in [6.45, 7) is 3.08. The molecule has 1 aliphatic heterocycles. The highest BCUT2D eigenvalue weighted by atomic mass is 19.1. The van der Waals surface area contributed by atoms with Crippen LogP contribution in [0.15, 0.2) is 24.4 Å². The van der Waals surface area contributed by atoms with Crippen molar-refractivity contribution in [3.8, 4) is 5.75 Å². The second-order valence-electron chi connectivity index (χ2n) is 6.44. The number of aromatic nitrogens is 2. The predicted molar refractivity (Wildman–Crippen MR) is 103 cm³/mol. The third-order valence-corrected chi connectivity index (χ3v) is 4.52. The zero-order valence-electron chi connectivity index (χ0n) is 16.1. The first kappa shape index (κ1) is 20.3. The largest absolute Gasteiger partial charge is 0.496 e. The van der Waals surface area contributed by atoms with Gasteiger partial charge in [-0.1, -0.05) is 0 Å². The first-order valence-electron chi connectivity index (χ1n) is 9.12. The van der Waals surface area contributed by atoms with Crippen molar-refractivity contribution in [1.29, 1.82) is 0 Å². The van der Waals surface area contributed by atoms with E-state index in [-0.39, 0.29) is 40.8 Å². The van der Waals surface area contributed by atoms with E-state index in [4.69, 9.17) is 15.2 Å². The number of nitrogen functional groups attached to an aromatic ring is 1. The second kappa shape index (κ2) is 8.72. The van der Waals surface area contributed by atoms with Crippen molar-refractivity contribution in [2.45, 2.75) is 19.4 Å². The van der Waals surface area contributed by atoms with E-state index < -0.39 is 11.6 Å². The summed E-state index contributed by atoms with van der Waals surface area (Å²) in [4.78, 5) is 34.4. The summed E-state index contributed by atoms with van der Waals surface area (Å²) in [5, 5.41) is 3.10. The zero-order chi connectivity index (χ0) is 21.0. The fourth-order valence-electron chi connectivity index (χ4n) is 3.08. The van der Waals surface area contributed by atoms with Crippen molar-refractivity contribution in [3.05, 3.63) is 41.3 Å². The molecule has 2 heterocycles. The molecule has 154 valence electrons. The van der Waals surface area contributed by atoms with E-state index in [2.05, 4.69) is 15.3 Å². The van der Waals surface area contributed by atoms with Crippen molar-refractivity contribution in [2.75, 3.05) is 37.9 Å². The molecule has 9 nitrogen and oxygen atoms in total. The molecule has 1 amide bonds. The van der Waals surface area contributed by atoms with Crippen molar-refractivity contribution in [1.82, 2.24) is 14.9 Å². The Bertz CT molecular complexity index is 923. The minimum absolute atomic E-state index is 0.0318. The fourth-order valence-corrected chi connectivity index (χ4v) is 3.08. The van der Waals surface area contributed by atoms with Gasteiger partial charge < -0.3 is 25.4 Å². The molecule has 0 unspecified atom stereocenters. The molecule has 0 saturated carbocycles. The summed E-state index contributed by atoms with van der Waals surface area (Å²) in [7, 11) is 1.39. The lowest BCUT2D eigenvalue weighted by molar-refractivity contribution is 0.103. The van der Waals surface area contributed by atoms with Gasteiger partial charge in [0.25, 0.3) is 0 Å². The molecule has 3 N–H and O–H groups in total. The molecule has 3 rings (SSSR count). The maximum absolute atomic E-state index is 13.6. The van der Waals surface area contributed by atoms with Gasteiger partial charge in [-0.2, -0.15) is 4.98 Å². The van der Waals surface area contributed by atoms with E-state index >= 15 is 0 Å². The summed E-state index contributed by atoms with van der Waals surface area (Å²) in [6.07, 6.45) is 1.63. The summed E-state index contributed by atoms with van der Waals surface area (Å²) in [5.41, 5.74) is 6.02. The lowest BCUT2D eigenvalue weighted by Crippen LogP contribution is -2.32. The number of halogens is 1. The number of nitrogens with one attached hydrogen (secondary N) is 1. The van der Waals surface area contributed by atoms with E-state index in [0.717, 1.165) is 6.07 Å². The monoisotopic (exact) mass is 403 g/mol. The van der Waals surface area contributed by atoms with Crippen LogP contribution < -0.4 is 15.8 Å². The minimum Gasteiger partial charge on any atom is -0.496 e. The molecule has 29 heavy (non-hydrogen) atoms. The number of anilines is 2. The number of ether oxygens (including phenoxy) is 2. The summed E-state index contributed by atoms with van der Waals surface area (Å²) in [5.74, 6) is -0.692. The number of hydrogen-bond donors (Lipinski definition) is 2. The number of amides is 1. The maximum atomic E-state index is 13.6. The molecule has 1 aromatic heterocycles. The van der Waals surface area contributed by atoms with Crippen LogP contribution in [0.25, 0.3) is 0 Å². The van der Waals surface area contributed by atoms with Crippen molar-refractivity contribution in [3.63, 3.8) is 0 Å². The molecule has 1 saturated heterocycles. The van der Waals surface area contributed by atoms with Gasteiger partial charge in [0.05, 0.1) is 24.8 Å². The average molecular weight is 403 g/mol. The van der Waals surface area contributed by atoms with Crippen LogP contribution in [-0.4, -0.2) is 59.6 Å². The number of carbonyl (C=O) groups excluding carboxylic acids is 2. The normalized spacial score (nSPS) is 15.8. The molecule has 10 heteroatoms. The maximum Gasteiger partial charge on any atom is 0.409 e. The average Bonchev–Trinajstić information content (AvgIpc) is 3.16. The molecule has 0 aliphatic carbocycles. The SMILES string of the molecule is CCOC(=O)N1CC[C@@H](Nc2ncc(C(=O)c3cc(F)ccc3OC)c(N)n2)C1. The van der Waals surface area contributed by atoms with Crippen LogP contribution in [0.2, 0.25) is 0 Å².